The van der Waals surface area contributed by atoms with Gasteiger partial charge in [0.15, 0.2) is 11.5 Å². The first kappa shape index (κ1) is 15.2. The zero-order valence-corrected chi connectivity index (χ0v) is 12.6. The number of aromatic amines is 1. The highest BCUT2D eigenvalue weighted by molar-refractivity contribution is 5.85. The number of H-pyrrole nitrogens is 1. The molecule has 23 heavy (non-hydrogen) atoms. The fraction of sp³-hybridized carbons (Fsp3) is 0.250. The standard InChI is InChI=1S/C12H12N8O2.ClH/c21-12-9(19-2-1-16-18-19)6-17-20(12)10-3-11(15-7-14-10)22-8-4-13-5-8;/h1-3,6-8,13,17H,4-5H2;1H. The fourth-order valence-corrected chi connectivity index (χ4v) is 2.06. The monoisotopic (exact) mass is 336 g/mol. The van der Waals surface area contributed by atoms with Gasteiger partial charge in [0.05, 0.1) is 18.6 Å². The summed E-state index contributed by atoms with van der Waals surface area (Å²) in [4.78, 5) is 20.6. The number of hydrogen-bond acceptors (Lipinski definition) is 7. The molecule has 0 atom stereocenters. The molecule has 0 spiro atoms. The Morgan fingerprint density at radius 1 is 1.30 bits per heavy atom. The molecule has 0 saturated carbocycles. The smallest absolute Gasteiger partial charge is 0.298 e. The molecular formula is C12H13ClN8O2. The van der Waals surface area contributed by atoms with E-state index in [1.165, 1.54) is 28.1 Å². The summed E-state index contributed by atoms with van der Waals surface area (Å²) in [6.07, 6.45) is 6.09. The highest BCUT2D eigenvalue weighted by atomic mass is 35.5. The van der Waals surface area contributed by atoms with Crippen molar-refractivity contribution >= 4 is 12.4 Å². The van der Waals surface area contributed by atoms with E-state index < -0.39 is 0 Å². The number of rotatable bonds is 4. The van der Waals surface area contributed by atoms with E-state index >= 15 is 0 Å². The second-order valence-electron chi connectivity index (χ2n) is 4.76. The molecule has 4 rings (SSSR count). The topological polar surface area (TPSA) is 116 Å². The van der Waals surface area contributed by atoms with Crippen molar-refractivity contribution in [3.8, 4) is 17.4 Å². The lowest BCUT2D eigenvalue weighted by Gasteiger charge is -2.27. The molecule has 10 nitrogen and oxygen atoms in total. The number of nitrogens with zero attached hydrogens (tertiary/aromatic N) is 6. The number of nitrogens with one attached hydrogen (secondary N) is 2. The van der Waals surface area contributed by atoms with E-state index in [9.17, 15) is 4.79 Å². The first-order valence-corrected chi connectivity index (χ1v) is 6.68. The van der Waals surface area contributed by atoms with E-state index in [4.69, 9.17) is 4.74 Å². The molecule has 1 saturated heterocycles. The Morgan fingerprint density at radius 2 is 2.17 bits per heavy atom. The van der Waals surface area contributed by atoms with E-state index in [1.807, 2.05) is 0 Å². The molecule has 0 radical (unpaired) electrons. The summed E-state index contributed by atoms with van der Waals surface area (Å²) in [5.41, 5.74) is 0.0576. The van der Waals surface area contributed by atoms with Crippen LogP contribution in [0.15, 0.2) is 35.8 Å². The van der Waals surface area contributed by atoms with E-state index in [2.05, 4.69) is 30.7 Å². The van der Waals surface area contributed by atoms with Gasteiger partial charge in [-0.15, -0.1) is 17.5 Å². The Kier molecular flexibility index (Phi) is 4.08. The van der Waals surface area contributed by atoms with Gasteiger partial charge in [0.1, 0.15) is 12.4 Å². The molecular weight excluding hydrogens is 324 g/mol. The van der Waals surface area contributed by atoms with Crippen LogP contribution < -0.4 is 15.6 Å². The number of hydrogen-bond donors (Lipinski definition) is 2. The first-order valence-electron chi connectivity index (χ1n) is 6.68. The average Bonchev–Trinajstić information content (AvgIpc) is 3.12. The molecule has 0 unspecified atom stereocenters. The second kappa shape index (κ2) is 6.18. The van der Waals surface area contributed by atoms with Crippen LogP contribution in [0.4, 0.5) is 0 Å². The lowest BCUT2D eigenvalue weighted by molar-refractivity contribution is 0.136. The van der Waals surface area contributed by atoms with Crippen molar-refractivity contribution < 1.29 is 4.74 Å². The Labute approximate surface area is 135 Å². The normalized spacial score (nSPS) is 14.1. The van der Waals surface area contributed by atoms with Crippen LogP contribution >= 0.6 is 12.4 Å². The molecule has 0 aromatic carbocycles. The Bertz CT molecular complexity index is 839. The highest BCUT2D eigenvalue weighted by Gasteiger charge is 2.19. The zero-order chi connectivity index (χ0) is 14.9. The van der Waals surface area contributed by atoms with Gasteiger partial charge in [0.25, 0.3) is 5.56 Å². The van der Waals surface area contributed by atoms with Crippen molar-refractivity contribution in [3.05, 3.63) is 41.3 Å². The van der Waals surface area contributed by atoms with E-state index in [1.54, 1.807) is 12.3 Å². The maximum atomic E-state index is 12.4. The van der Waals surface area contributed by atoms with Crippen molar-refractivity contribution in [3.63, 3.8) is 0 Å². The average molecular weight is 337 g/mol. The van der Waals surface area contributed by atoms with Gasteiger partial charge < -0.3 is 10.1 Å². The molecule has 0 bridgehead atoms. The molecule has 3 aromatic rings. The maximum absolute atomic E-state index is 12.4. The molecule has 1 fully saturated rings. The van der Waals surface area contributed by atoms with E-state index in [-0.39, 0.29) is 24.1 Å². The van der Waals surface area contributed by atoms with Crippen molar-refractivity contribution in [2.75, 3.05) is 13.1 Å². The molecule has 3 aromatic heterocycles. The third kappa shape index (κ3) is 2.81. The minimum Gasteiger partial charge on any atom is -0.471 e. The van der Waals surface area contributed by atoms with Gasteiger partial charge in [-0.1, -0.05) is 5.21 Å². The summed E-state index contributed by atoms with van der Waals surface area (Å²) in [5, 5.41) is 13.4. The number of aromatic nitrogens is 7. The molecule has 1 aliphatic rings. The summed E-state index contributed by atoms with van der Waals surface area (Å²) < 4.78 is 8.34. The van der Waals surface area contributed by atoms with Crippen LogP contribution in [-0.2, 0) is 0 Å². The molecule has 11 heteroatoms. The van der Waals surface area contributed by atoms with Gasteiger partial charge >= 0.3 is 0 Å². The highest BCUT2D eigenvalue weighted by Crippen LogP contribution is 2.13. The van der Waals surface area contributed by atoms with Crippen LogP contribution in [0.25, 0.3) is 11.5 Å². The predicted molar refractivity (Wildman–Crippen MR) is 81.4 cm³/mol. The van der Waals surface area contributed by atoms with Crippen LogP contribution in [0.2, 0.25) is 0 Å². The first-order chi connectivity index (χ1) is 10.8. The van der Waals surface area contributed by atoms with Gasteiger partial charge in [-0.05, 0) is 0 Å². The van der Waals surface area contributed by atoms with Gasteiger partial charge in [0, 0.05) is 19.2 Å². The van der Waals surface area contributed by atoms with Crippen LogP contribution in [0.1, 0.15) is 0 Å². The third-order valence-electron chi connectivity index (χ3n) is 3.31. The SMILES string of the molecule is Cl.O=c1c(-n2ccnn2)c[nH]n1-c1cc(OC2CNC2)ncn1. The summed E-state index contributed by atoms with van der Waals surface area (Å²) in [6.45, 7) is 1.58. The van der Waals surface area contributed by atoms with E-state index in [0.29, 0.717) is 17.4 Å². The Balaban J connectivity index is 0.00000156. The minimum atomic E-state index is -0.291. The van der Waals surface area contributed by atoms with Crippen LogP contribution in [-0.4, -0.2) is 53.9 Å². The van der Waals surface area contributed by atoms with Crippen molar-refractivity contribution in [1.29, 1.82) is 0 Å². The van der Waals surface area contributed by atoms with Crippen molar-refractivity contribution in [2.45, 2.75) is 6.10 Å². The maximum Gasteiger partial charge on any atom is 0.298 e. The van der Waals surface area contributed by atoms with Crippen LogP contribution in [0.5, 0.6) is 5.88 Å². The minimum absolute atomic E-state index is 0. The Hall–Kier alpha value is -2.72. The molecule has 4 heterocycles. The molecule has 0 aliphatic carbocycles. The van der Waals surface area contributed by atoms with Crippen molar-refractivity contribution in [2.24, 2.45) is 0 Å². The van der Waals surface area contributed by atoms with Crippen LogP contribution in [0, 0.1) is 0 Å². The van der Waals surface area contributed by atoms with Gasteiger partial charge in [-0.3, -0.25) is 9.89 Å². The Morgan fingerprint density at radius 3 is 2.87 bits per heavy atom. The summed E-state index contributed by atoms with van der Waals surface area (Å²) in [6, 6.07) is 1.61. The molecule has 120 valence electrons. The number of ether oxygens (including phenoxy) is 1. The number of halogens is 1. The molecule has 2 N–H and O–H groups in total. The summed E-state index contributed by atoms with van der Waals surface area (Å²) in [7, 11) is 0. The third-order valence-corrected chi connectivity index (χ3v) is 3.31. The quantitative estimate of drug-likeness (QED) is 0.647. The lowest BCUT2D eigenvalue weighted by atomic mass is 10.2. The van der Waals surface area contributed by atoms with Gasteiger partial charge in [0.2, 0.25) is 5.88 Å². The van der Waals surface area contributed by atoms with Crippen molar-refractivity contribution in [1.82, 2.24) is 40.1 Å². The predicted octanol–water partition coefficient (Wildman–Crippen LogP) is -0.691. The second-order valence-corrected chi connectivity index (χ2v) is 4.76. The fourth-order valence-electron chi connectivity index (χ4n) is 2.06. The largest absolute Gasteiger partial charge is 0.471 e. The molecule has 1 aliphatic heterocycles. The van der Waals surface area contributed by atoms with E-state index in [0.717, 1.165) is 13.1 Å². The lowest BCUT2D eigenvalue weighted by Crippen LogP contribution is -2.50. The molecule has 0 amide bonds. The zero-order valence-electron chi connectivity index (χ0n) is 11.8. The summed E-state index contributed by atoms with van der Waals surface area (Å²) >= 11 is 0. The van der Waals surface area contributed by atoms with Gasteiger partial charge in [-0.25, -0.2) is 14.6 Å². The van der Waals surface area contributed by atoms with Crippen LogP contribution in [0.3, 0.4) is 0 Å². The summed E-state index contributed by atoms with van der Waals surface area (Å²) in [5.74, 6) is 0.828. The van der Waals surface area contributed by atoms with Gasteiger partial charge in [-0.2, -0.15) is 4.68 Å².